The Morgan fingerprint density at radius 1 is 1.26 bits per heavy atom. The number of rotatable bonds is 4. The predicted molar refractivity (Wildman–Crippen MR) is 83.6 cm³/mol. The van der Waals surface area contributed by atoms with Crippen LogP contribution in [0.4, 0.5) is 5.69 Å². The quantitative estimate of drug-likeness (QED) is 0.901. The summed E-state index contributed by atoms with van der Waals surface area (Å²) in [6.07, 6.45) is 0. The number of nitrogens with one attached hydrogen (secondary N) is 1. The molecule has 0 saturated carbocycles. The number of hydrogen-bond donors (Lipinski definition) is 1. The second-order valence-corrected chi connectivity index (χ2v) is 5.88. The highest BCUT2D eigenvalue weighted by Crippen LogP contribution is 2.24. The van der Waals surface area contributed by atoms with Crippen LogP contribution in [0, 0.1) is 13.8 Å². The molecule has 2 rings (SSSR count). The molecule has 0 atom stereocenters. The van der Waals surface area contributed by atoms with Crippen molar-refractivity contribution in [2.24, 2.45) is 0 Å². The average Bonchev–Trinajstić information content (AvgIpc) is 2.65. The van der Waals surface area contributed by atoms with Crippen LogP contribution in [0.3, 0.4) is 0 Å². The van der Waals surface area contributed by atoms with Crippen LogP contribution < -0.4 is 5.32 Å². The molecule has 4 heteroatoms. The fourth-order valence-corrected chi connectivity index (χ4v) is 2.67. The fourth-order valence-electron chi connectivity index (χ4n) is 2.25. The molecule has 3 nitrogen and oxygen atoms in total. The monoisotopic (exact) mass is 321 g/mol. The van der Waals surface area contributed by atoms with Crippen molar-refractivity contribution in [2.45, 2.75) is 40.3 Å². The van der Waals surface area contributed by atoms with E-state index in [4.69, 9.17) is 0 Å². The van der Waals surface area contributed by atoms with E-state index in [1.54, 1.807) is 0 Å². The van der Waals surface area contributed by atoms with E-state index in [-0.39, 0.29) is 0 Å². The highest BCUT2D eigenvalue weighted by Gasteiger charge is 2.13. The van der Waals surface area contributed by atoms with Gasteiger partial charge in [0.2, 0.25) is 0 Å². The van der Waals surface area contributed by atoms with Gasteiger partial charge in [-0.1, -0.05) is 34.1 Å². The van der Waals surface area contributed by atoms with Crippen molar-refractivity contribution in [1.29, 1.82) is 0 Å². The molecule has 0 spiro atoms. The van der Waals surface area contributed by atoms with E-state index >= 15 is 0 Å². The number of hydrogen-bond acceptors (Lipinski definition) is 2. The van der Waals surface area contributed by atoms with Crippen LogP contribution in [-0.2, 0) is 6.54 Å². The lowest BCUT2D eigenvalue weighted by molar-refractivity contribution is 0.516. The number of nitrogens with zero attached hydrogens (tertiary/aromatic N) is 2. The van der Waals surface area contributed by atoms with E-state index in [0.717, 1.165) is 22.4 Å². The van der Waals surface area contributed by atoms with Gasteiger partial charge in [0.1, 0.15) is 0 Å². The minimum Gasteiger partial charge on any atom is -0.378 e. The van der Waals surface area contributed by atoms with Crippen LogP contribution >= 0.6 is 15.9 Å². The summed E-state index contributed by atoms with van der Waals surface area (Å²) in [5.41, 5.74) is 4.64. The van der Waals surface area contributed by atoms with Gasteiger partial charge in [0.15, 0.2) is 0 Å². The molecule has 2 aromatic rings. The zero-order valence-corrected chi connectivity index (χ0v) is 13.5. The standard InChI is InChI=1S/C15H20BrN3/c1-10(2)19-12(4)15(11(3)18-19)17-9-13-7-5-6-8-14(13)16/h5-8,10,17H,9H2,1-4H3. The molecule has 1 aromatic heterocycles. The molecule has 0 fully saturated rings. The Bertz CT molecular complexity index is 573. The molecule has 0 unspecified atom stereocenters. The third-order valence-corrected chi connectivity index (χ3v) is 4.00. The molecule has 19 heavy (non-hydrogen) atoms. The molecule has 0 amide bonds. The molecular weight excluding hydrogens is 302 g/mol. The molecule has 0 radical (unpaired) electrons. The van der Waals surface area contributed by atoms with E-state index < -0.39 is 0 Å². The minimum absolute atomic E-state index is 0.387. The van der Waals surface area contributed by atoms with Crippen LogP contribution in [0.1, 0.15) is 36.8 Å². The highest BCUT2D eigenvalue weighted by molar-refractivity contribution is 9.10. The number of halogens is 1. The average molecular weight is 322 g/mol. The summed E-state index contributed by atoms with van der Waals surface area (Å²) >= 11 is 3.57. The van der Waals surface area contributed by atoms with Crippen molar-refractivity contribution in [3.63, 3.8) is 0 Å². The highest BCUT2D eigenvalue weighted by atomic mass is 79.9. The molecule has 102 valence electrons. The van der Waals surface area contributed by atoms with Crippen molar-refractivity contribution in [2.75, 3.05) is 5.32 Å². The molecule has 1 heterocycles. The summed E-state index contributed by atoms with van der Waals surface area (Å²) in [5.74, 6) is 0. The van der Waals surface area contributed by atoms with E-state index in [1.165, 1.54) is 11.3 Å². The topological polar surface area (TPSA) is 29.9 Å². The van der Waals surface area contributed by atoms with Gasteiger partial charge >= 0.3 is 0 Å². The van der Waals surface area contributed by atoms with Gasteiger partial charge in [0, 0.05) is 17.1 Å². The first-order valence-electron chi connectivity index (χ1n) is 6.53. The van der Waals surface area contributed by atoms with Gasteiger partial charge < -0.3 is 5.32 Å². The van der Waals surface area contributed by atoms with Crippen molar-refractivity contribution >= 4 is 21.6 Å². The Kier molecular flexibility index (Phi) is 4.30. The summed E-state index contributed by atoms with van der Waals surface area (Å²) in [6.45, 7) is 9.26. The minimum atomic E-state index is 0.387. The molecule has 0 bridgehead atoms. The zero-order valence-electron chi connectivity index (χ0n) is 11.9. The Morgan fingerprint density at radius 2 is 1.95 bits per heavy atom. The molecule has 0 aliphatic rings. The second kappa shape index (κ2) is 5.78. The van der Waals surface area contributed by atoms with E-state index in [2.05, 4.69) is 70.0 Å². The molecule has 0 aliphatic heterocycles. The maximum atomic E-state index is 4.59. The SMILES string of the molecule is Cc1nn(C(C)C)c(C)c1NCc1ccccc1Br. The van der Waals surface area contributed by atoms with Gasteiger partial charge in [-0.15, -0.1) is 0 Å². The summed E-state index contributed by atoms with van der Waals surface area (Å²) in [5, 5.41) is 8.09. The first-order chi connectivity index (χ1) is 9.00. The van der Waals surface area contributed by atoms with Crippen molar-refractivity contribution in [3.8, 4) is 0 Å². The fraction of sp³-hybridized carbons (Fsp3) is 0.400. The molecule has 0 saturated heterocycles. The third-order valence-electron chi connectivity index (χ3n) is 3.23. The summed E-state index contributed by atoms with van der Waals surface area (Å²) < 4.78 is 3.20. The van der Waals surface area contributed by atoms with Gasteiger partial charge in [-0.25, -0.2) is 0 Å². The van der Waals surface area contributed by atoms with Gasteiger partial charge in [-0.2, -0.15) is 5.10 Å². The maximum absolute atomic E-state index is 4.59. The Hall–Kier alpha value is -1.29. The number of benzene rings is 1. The maximum Gasteiger partial charge on any atom is 0.0828 e. The Morgan fingerprint density at radius 3 is 2.53 bits per heavy atom. The molecule has 1 aromatic carbocycles. The molecule has 0 aliphatic carbocycles. The third kappa shape index (κ3) is 3.00. The van der Waals surface area contributed by atoms with Crippen molar-refractivity contribution in [3.05, 3.63) is 45.7 Å². The van der Waals surface area contributed by atoms with Crippen LogP contribution in [0.15, 0.2) is 28.7 Å². The second-order valence-electron chi connectivity index (χ2n) is 5.03. The number of aromatic nitrogens is 2. The lowest BCUT2D eigenvalue weighted by Crippen LogP contribution is -2.06. The van der Waals surface area contributed by atoms with Gasteiger partial charge in [0.25, 0.3) is 0 Å². The first-order valence-corrected chi connectivity index (χ1v) is 7.33. The lowest BCUT2D eigenvalue weighted by atomic mass is 10.2. The Balaban J connectivity index is 2.19. The molecule has 1 N–H and O–H groups in total. The molecular formula is C15H20BrN3. The van der Waals surface area contributed by atoms with E-state index in [1.807, 2.05) is 13.0 Å². The van der Waals surface area contributed by atoms with E-state index in [0.29, 0.717) is 6.04 Å². The summed E-state index contributed by atoms with van der Waals surface area (Å²) in [4.78, 5) is 0. The summed E-state index contributed by atoms with van der Waals surface area (Å²) in [6, 6.07) is 8.65. The van der Waals surface area contributed by atoms with E-state index in [9.17, 15) is 0 Å². The van der Waals surface area contributed by atoms with Gasteiger partial charge in [0.05, 0.1) is 17.1 Å². The van der Waals surface area contributed by atoms with Crippen LogP contribution in [-0.4, -0.2) is 9.78 Å². The zero-order chi connectivity index (χ0) is 14.0. The predicted octanol–water partition coefficient (Wildman–Crippen LogP) is 4.46. The van der Waals surface area contributed by atoms with Crippen LogP contribution in [0.25, 0.3) is 0 Å². The van der Waals surface area contributed by atoms with Crippen molar-refractivity contribution < 1.29 is 0 Å². The lowest BCUT2D eigenvalue weighted by Gasteiger charge is -2.10. The first kappa shape index (κ1) is 14.1. The van der Waals surface area contributed by atoms with Crippen LogP contribution in [0.2, 0.25) is 0 Å². The smallest absolute Gasteiger partial charge is 0.0828 e. The number of aryl methyl sites for hydroxylation is 1. The summed E-state index contributed by atoms with van der Waals surface area (Å²) in [7, 11) is 0. The van der Waals surface area contributed by atoms with Crippen LogP contribution in [0.5, 0.6) is 0 Å². The Labute approximate surface area is 123 Å². The number of anilines is 1. The largest absolute Gasteiger partial charge is 0.378 e. The van der Waals surface area contributed by atoms with Gasteiger partial charge in [-0.05, 0) is 39.3 Å². The van der Waals surface area contributed by atoms with Crippen molar-refractivity contribution in [1.82, 2.24) is 9.78 Å². The van der Waals surface area contributed by atoms with Gasteiger partial charge in [-0.3, -0.25) is 4.68 Å². The normalized spacial score (nSPS) is 11.1.